The maximum atomic E-state index is 10.8. The molecule has 0 saturated carbocycles. The number of carbonyl (C=O) groups is 2. The van der Waals surface area contributed by atoms with Gasteiger partial charge in [-0.1, -0.05) is 29.4 Å². The minimum Gasteiger partial charge on any atom is -0.474 e. The number of nitrogens with one attached hydrogen (secondary N) is 1. The minimum atomic E-state index is -1.26. The lowest BCUT2D eigenvalue weighted by molar-refractivity contribution is -0.119. The van der Waals surface area contributed by atoms with Crippen LogP contribution in [-0.2, 0) is 11.3 Å². The Kier molecular flexibility index (Phi) is 3.56. The number of carboxylic acids is 1. The largest absolute Gasteiger partial charge is 0.474 e. The lowest BCUT2D eigenvalue weighted by Gasteiger charge is -2.02. The molecule has 2 aromatic rings. The first-order valence-corrected chi connectivity index (χ1v) is 5.47. The molecule has 7 nitrogen and oxygen atoms in total. The van der Waals surface area contributed by atoms with Crippen LogP contribution in [0.2, 0.25) is 0 Å². The van der Waals surface area contributed by atoms with Gasteiger partial charge in [-0.25, -0.2) is 4.79 Å². The van der Waals surface area contributed by atoms with Crippen LogP contribution < -0.4 is 5.32 Å². The molecule has 2 rings (SSSR count). The maximum absolute atomic E-state index is 10.8. The van der Waals surface area contributed by atoms with Crippen molar-refractivity contribution in [3.05, 3.63) is 35.7 Å². The Morgan fingerprint density at radius 2 is 2.00 bits per heavy atom. The fraction of sp³-hybridized carbons (Fsp3) is 0.167. The van der Waals surface area contributed by atoms with Crippen LogP contribution in [0.4, 0.5) is 0 Å². The van der Waals surface area contributed by atoms with Crippen LogP contribution in [0.25, 0.3) is 11.4 Å². The third kappa shape index (κ3) is 3.15. The van der Waals surface area contributed by atoms with E-state index in [1.54, 1.807) is 24.3 Å². The van der Waals surface area contributed by atoms with E-state index in [0.717, 1.165) is 5.56 Å². The zero-order valence-corrected chi connectivity index (χ0v) is 10.1. The molecule has 19 heavy (non-hydrogen) atoms. The highest BCUT2D eigenvalue weighted by atomic mass is 16.5. The average Bonchev–Trinajstić information content (AvgIpc) is 2.86. The summed E-state index contributed by atoms with van der Waals surface area (Å²) in [7, 11) is 0. The molecular formula is C12H11N3O4. The van der Waals surface area contributed by atoms with Gasteiger partial charge in [0, 0.05) is 19.0 Å². The van der Waals surface area contributed by atoms with Crippen molar-refractivity contribution in [2.24, 2.45) is 0 Å². The molecule has 0 aliphatic rings. The summed E-state index contributed by atoms with van der Waals surface area (Å²) < 4.78 is 4.57. The third-order valence-electron chi connectivity index (χ3n) is 2.36. The number of rotatable bonds is 4. The molecule has 0 spiro atoms. The van der Waals surface area contributed by atoms with Crippen LogP contribution in [0.1, 0.15) is 23.2 Å². The Labute approximate surface area is 108 Å². The summed E-state index contributed by atoms with van der Waals surface area (Å²) >= 11 is 0. The molecule has 0 radical (unpaired) electrons. The molecular weight excluding hydrogens is 250 g/mol. The Hall–Kier alpha value is -2.70. The van der Waals surface area contributed by atoms with Crippen LogP contribution in [0.3, 0.4) is 0 Å². The summed E-state index contributed by atoms with van der Waals surface area (Å²) in [6.45, 7) is 1.88. The van der Waals surface area contributed by atoms with Gasteiger partial charge in [0.2, 0.25) is 11.7 Å². The van der Waals surface area contributed by atoms with E-state index in [1.165, 1.54) is 6.92 Å². The van der Waals surface area contributed by atoms with Gasteiger partial charge >= 0.3 is 11.9 Å². The topological polar surface area (TPSA) is 105 Å². The van der Waals surface area contributed by atoms with E-state index in [0.29, 0.717) is 12.1 Å². The second kappa shape index (κ2) is 5.30. The molecule has 98 valence electrons. The number of hydrogen-bond donors (Lipinski definition) is 2. The molecule has 0 aliphatic heterocycles. The summed E-state index contributed by atoms with van der Waals surface area (Å²) in [4.78, 5) is 25.1. The summed E-state index contributed by atoms with van der Waals surface area (Å²) in [6.07, 6.45) is 0. The van der Waals surface area contributed by atoms with E-state index < -0.39 is 11.9 Å². The zero-order chi connectivity index (χ0) is 13.8. The molecule has 0 bridgehead atoms. The van der Waals surface area contributed by atoms with Crippen molar-refractivity contribution in [3.63, 3.8) is 0 Å². The number of nitrogens with zero attached hydrogens (tertiary/aromatic N) is 2. The van der Waals surface area contributed by atoms with Gasteiger partial charge in [-0.2, -0.15) is 4.98 Å². The Morgan fingerprint density at radius 1 is 1.32 bits per heavy atom. The quantitative estimate of drug-likeness (QED) is 0.852. The Morgan fingerprint density at radius 3 is 2.53 bits per heavy atom. The first-order chi connectivity index (χ1) is 9.06. The highest BCUT2D eigenvalue weighted by molar-refractivity contribution is 5.82. The molecule has 7 heteroatoms. The fourth-order valence-electron chi connectivity index (χ4n) is 1.43. The predicted octanol–water partition coefficient (Wildman–Crippen LogP) is 1.07. The van der Waals surface area contributed by atoms with E-state index in [1.807, 2.05) is 0 Å². The number of hydrogen-bond acceptors (Lipinski definition) is 5. The van der Waals surface area contributed by atoms with Gasteiger partial charge in [-0.05, 0) is 5.56 Å². The lowest BCUT2D eigenvalue weighted by atomic mass is 10.1. The van der Waals surface area contributed by atoms with Crippen LogP contribution in [0, 0.1) is 0 Å². The maximum Gasteiger partial charge on any atom is 0.394 e. The van der Waals surface area contributed by atoms with Crippen LogP contribution in [0.15, 0.2) is 28.8 Å². The monoisotopic (exact) mass is 261 g/mol. The Bertz CT molecular complexity index is 604. The zero-order valence-electron chi connectivity index (χ0n) is 10.1. The lowest BCUT2D eigenvalue weighted by Crippen LogP contribution is -2.18. The van der Waals surface area contributed by atoms with E-state index in [9.17, 15) is 9.59 Å². The first-order valence-electron chi connectivity index (χ1n) is 5.47. The van der Waals surface area contributed by atoms with E-state index in [-0.39, 0.29) is 11.7 Å². The first kappa shape index (κ1) is 12.7. The predicted molar refractivity (Wildman–Crippen MR) is 64.2 cm³/mol. The van der Waals surface area contributed by atoms with Gasteiger partial charge in [-0.3, -0.25) is 4.79 Å². The third-order valence-corrected chi connectivity index (χ3v) is 2.36. The molecule has 1 aromatic heterocycles. The van der Waals surface area contributed by atoms with Crippen molar-refractivity contribution in [3.8, 4) is 11.4 Å². The second-order valence-electron chi connectivity index (χ2n) is 3.83. The molecule has 1 amide bonds. The normalized spacial score (nSPS) is 10.2. The van der Waals surface area contributed by atoms with Crippen molar-refractivity contribution in [2.45, 2.75) is 13.5 Å². The minimum absolute atomic E-state index is 0.103. The molecule has 0 saturated heterocycles. The second-order valence-corrected chi connectivity index (χ2v) is 3.83. The van der Waals surface area contributed by atoms with E-state index >= 15 is 0 Å². The molecule has 0 aliphatic carbocycles. The molecule has 0 atom stereocenters. The fourth-order valence-corrected chi connectivity index (χ4v) is 1.43. The van der Waals surface area contributed by atoms with Crippen molar-refractivity contribution in [1.29, 1.82) is 0 Å². The van der Waals surface area contributed by atoms with E-state index in [4.69, 9.17) is 5.11 Å². The summed E-state index contributed by atoms with van der Waals surface area (Å²) in [5.41, 5.74) is 1.56. The number of aromatic nitrogens is 2. The molecule has 1 heterocycles. The van der Waals surface area contributed by atoms with Crippen LogP contribution in [0.5, 0.6) is 0 Å². The molecule has 0 fully saturated rings. The van der Waals surface area contributed by atoms with Gasteiger partial charge < -0.3 is 14.9 Å². The molecule has 2 N–H and O–H groups in total. The smallest absolute Gasteiger partial charge is 0.394 e. The molecule has 0 unspecified atom stereocenters. The summed E-state index contributed by atoms with van der Waals surface area (Å²) in [5, 5.41) is 14.9. The van der Waals surface area contributed by atoms with Crippen LogP contribution >= 0.6 is 0 Å². The van der Waals surface area contributed by atoms with Crippen molar-refractivity contribution in [1.82, 2.24) is 15.5 Å². The number of amides is 1. The van der Waals surface area contributed by atoms with Crippen molar-refractivity contribution >= 4 is 11.9 Å². The summed E-state index contributed by atoms with van der Waals surface area (Å²) in [5.74, 6) is -1.60. The van der Waals surface area contributed by atoms with Gasteiger partial charge in [0.25, 0.3) is 0 Å². The standard InChI is InChI=1S/C12H11N3O4/c1-7(16)13-6-8-2-4-9(5-3-8)10-14-11(12(17)18)19-15-10/h2-5H,6H2,1H3,(H,13,16)(H,17,18). The van der Waals surface area contributed by atoms with Crippen molar-refractivity contribution < 1.29 is 19.2 Å². The number of carbonyl (C=O) groups excluding carboxylic acids is 1. The van der Waals surface area contributed by atoms with Crippen molar-refractivity contribution in [2.75, 3.05) is 0 Å². The van der Waals surface area contributed by atoms with Gasteiger partial charge in [0.15, 0.2) is 0 Å². The number of aromatic carboxylic acids is 1. The SMILES string of the molecule is CC(=O)NCc1ccc(-c2noc(C(=O)O)n2)cc1. The highest BCUT2D eigenvalue weighted by Crippen LogP contribution is 2.16. The number of benzene rings is 1. The Balaban J connectivity index is 2.12. The van der Waals surface area contributed by atoms with E-state index in [2.05, 4.69) is 20.0 Å². The van der Waals surface area contributed by atoms with Gasteiger partial charge in [-0.15, -0.1) is 0 Å². The summed E-state index contributed by atoms with van der Waals surface area (Å²) in [6, 6.07) is 7.05. The van der Waals surface area contributed by atoms with Crippen LogP contribution in [-0.4, -0.2) is 27.1 Å². The molecule has 1 aromatic carbocycles. The van der Waals surface area contributed by atoms with Gasteiger partial charge in [0.05, 0.1) is 0 Å². The number of carboxylic acid groups (broad SMARTS) is 1. The highest BCUT2D eigenvalue weighted by Gasteiger charge is 2.14. The van der Waals surface area contributed by atoms with Gasteiger partial charge in [0.1, 0.15) is 0 Å². The average molecular weight is 261 g/mol.